The molecule has 0 saturated carbocycles. The molecule has 12 heteroatoms. The van der Waals surface area contributed by atoms with Crippen LogP contribution in [0.5, 0.6) is 17.2 Å². The number of piperidine rings is 2. The van der Waals surface area contributed by atoms with Gasteiger partial charge in [-0.15, -0.1) is 0 Å². The predicted molar refractivity (Wildman–Crippen MR) is 200 cm³/mol. The largest absolute Gasteiger partial charge is 0.493 e. The number of carboxylic acids is 1. The number of halogens is 2. The van der Waals surface area contributed by atoms with E-state index in [0.717, 1.165) is 43.6 Å². The fourth-order valence-electron chi connectivity index (χ4n) is 8.39. The Kier molecular flexibility index (Phi) is 11.6. The van der Waals surface area contributed by atoms with Gasteiger partial charge in [0.25, 0.3) is 5.91 Å². The van der Waals surface area contributed by atoms with Gasteiger partial charge in [-0.3, -0.25) is 14.4 Å². The molecular formula is C40H47Cl2N3O7. The summed E-state index contributed by atoms with van der Waals surface area (Å²) in [6.45, 7) is 4.22. The van der Waals surface area contributed by atoms with Crippen LogP contribution in [-0.2, 0) is 20.4 Å². The molecule has 0 bridgehead atoms. The molecule has 278 valence electrons. The zero-order valence-corrected chi connectivity index (χ0v) is 31.5. The Bertz CT molecular complexity index is 1750. The van der Waals surface area contributed by atoms with Crippen LogP contribution in [-0.4, -0.2) is 105 Å². The van der Waals surface area contributed by atoms with Crippen LogP contribution in [0.3, 0.4) is 0 Å². The maximum atomic E-state index is 14.3. The number of rotatable bonds is 11. The lowest BCUT2D eigenvalue weighted by Gasteiger charge is -2.45. The molecular weight excluding hydrogens is 705 g/mol. The summed E-state index contributed by atoms with van der Waals surface area (Å²) >= 11 is 12.9. The first-order valence-electron chi connectivity index (χ1n) is 17.9. The van der Waals surface area contributed by atoms with E-state index in [0.29, 0.717) is 84.7 Å². The number of hydrogen-bond acceptors (Lipinski definition) is 7. The van der Waals surface area contributed by atoms with E-state index < -0.39 is 17.3 Å². The summed E-state index contributed by atoms with van der Waals surface area (Å²) < 4.78 is 16.5. The fourth-order valence-corrected chi connectivity index (χ4v) is 8.69. The highest BCUT2D eigenvalue weighted by Crippen LogP contribution is 2.44. The van der Waals surface area contributed by atoms with Crippen molar-refractivity contribution < 1.29 is 33.7 Å². The van der Waals surface area contributed by atoms with Crippen molar-refractivity contribution in [1.29, 1.82) is 0 Å². The molecule has 1 unspecified atom stereocenters. The van der Waals surface area contributed by atoms with E-state index >= 15 is 0 Å². The Labute approximate surface area is 315 Å². The second-order valence-corrected chi connectivity index (χ2v) is 15.1. The zero-order chi connectivity index (χ0) is 37.0. The smallest absolute Gasteiger partial charge is 0.306 e. The number of carboxylic acid groups (broad SMARTS) is 1. The van der Waals surface area contributed by atoms with Crippen molar-refractivity contribution in [2.45, 2.75) is 49.4 Å². The number of hydrogen-bond donors (Lipinski definition) is 1. The second kappa shape index (κ2) is 15.9. The monoisotopic (exact) mass is 751 g/mol. The fraction of sp³-hybridized carbons (Fsp3) is 0.475. The lowest BCUT2D eigenvalue weighted by Crippen LogP contribution is -2.55. The maximum absolute atomic E-state index is 14.3. The summed E-state index contributed by atoms with van der Waals surface area (Å²) in [5.41, 5.74) is 1.47. The minimum atomic E-state index is -0.784. The first kappa shape index (κ1) is 37.8. The Balaban J connectivity index is 1.20. The van der Waals surface area contributed by atoms with E-state index in [4.69, 9.17) is 37.4 Å². The topological polar surface area (TPSA) is 109 Å². The molecule has 0 spiro atoms. The van der Waals surface area contributed by atoms with Crippen molar-refractivity contribution >= 4 is 41.0 Å². The highest BCUT2D eigenvalue weighted by atomic mass is 35.5. The van der Waals surface area contributed by atoms with Gasteiger partial charge in [-0.1, -0.05) is 59.6 Å². The maximum Gasteiger partial charge on any atom is 0.306 e. The third-order valence-electron chi connectivity index (χ3n) is 11.6. The van der Waals surface area contributed by atoms with Crippen molar-refractivity contribution in [3.8, 4) is 17.2 Å². The number of aliphatic carboxylic acids is 1. The number of methoxy groups -OCH3 is 3. The first-order chi connectivity index (χ1) is 25.0. The minimum absolute atomic E-state index is 0.103. The minimum Gasteiger partial charge on any atom is -0.493 e. The van der Waals surface area contributed by atoms with Gasteiger partial charge in [0.2, 0.25) is 11.7 Å². The number of carbonyl (C=O) groups excluding carboxylic acids is 2. The molecule has 1 atom stereocenters. The molecule has 1 N–H and O–H groups in total. The van der Waals surface area contributed by atoms with Crippen LogP contribution in [0.25, 0.3) is 0 Å². The van der Waals surface area contributed by atoms with Crippen LogP contribution in [0.1, 0.15) is 60.0 Å². The average Bonchev–Trinajstić information content (AvgIpc) is 3.63. The summed E-state index contributed by atoms with van der Waals surface area (Å²) in [4.78, 5) is 46.1. The third kappa shape index (κ3) is 7.43. The van der Waals surface area contributed by atoms with Crippen molar-refractivity contribution in [2.75, 3.05) is 67.1 Å². The van der Waals surface area contributed by atoms with E-state index in [1.54, 1.807) is 12.1 Å². The quantitative estimate of drug-likeness (QED) is 0.235. The van der Waals surface area contributed by atoms with E-state index in [9.17, 15) is 19.5 Å². The average molecular weight is 753 g/mol. The zero-order valence-electron chi connectivity index (χ0n) is 30.0. The van der Waals surface area contributed by atoms with Crippen LogP contribution in [0.4, 0.5) is 0 Å². The molecule has 3 aromatic rings. The summed E-state index contributed by atoms with van der Waals surface area (Å²) in [7, 11) is 4.59. The molecule has 3 aliphatic rings. The molecule has 0 radical (unpaired) electrons. The van der Waals surface area contributed by atoms with E-state index in [1.165, 1.54) is 21.3 Å². The van der Waals surface area contributed by atoms with E-state index in [2.05, 4.69) is 17.0 Å². The number of ether oxygens (including phenoxy) is 3. The van der Waals surface area contributed by atoms with Gasteiger partial charge in [-0.25, -0.2) is 0 Å². The molecule has 2 amide bonds. The number of benzene rings is 3. The first-order valence-corrected chi connectivity index (χ1v) is 18.6. The lowest BCUT2D eigenvalue weighted by molar-refractivity contribution is -0.148. The van der Waals surface area contributed by atoms with Crippen molar-refractivity contribution in [1.82, 2.24) is 14.7 Å². The van der Waals surface area contributed by atoms with Gasteiger partial charge < -0.3 is 34.0 Å². The van der Waals surface area contributed by atoms with Crippen molar-refractivity contribution in [2.24, 2.45) is 5.92 Å². The summed E-state index contributed by atoms with van der Waals surface area (Å²) in [5.74, 6) is 0.0530. The summed E-state index contributed by atoms with van der Waals surface area (Å²) in [5, 5.41) is 10.5. The van der Waals surface area contributed by atoms with Crippen LogP contribution < -0.4 is 14.2 Å². The molecule has 0 aromatic heterocycles. The van der Waals surface area contributed by atoms with Crippen LogP contribution in [0, 0.1) is 5.92 Å². The van der Waals surface area contributed by atoms with Gasteiger partial charge >= 0.3 is 5.97 Å². The highest BCUT2D eigenvalue weighted by Gasteiger charge is 2.47. The van der Waals surface area contributed by atoms with Crippen LogP contribution in [0.2, 0.25) is 10.0 Å². The normalized spacial score (nSPS) is 20.8. The molecule has 6 rings (SSSR count). The van der Waals surface area contributed by atoms with Gasteiger partial charge in [0.1, 0.15) is 0 Å². The van der Waals surface area contributed by atoms with Gasteiger partial charge in [-0.2, -0.15) is 0 Å². The highest BCUT2D eigenvalue weighted by molar-refractivity contribution is 6.42. The Morgan fingerprint density at radius 1 is 0.769 bits per heavy atom. The summed E-state index contributed by atoms with van der Waals surface area (Å²) in [6.07, 6.45) is 3.81. The lowest BCUT2D eigenvalue weighted by atomic mass is 9.71. The molecule has 3 aliphatic heterocycles. The molecule has 52 heavy (non-hydrogen) atoms. The third-order valence-corrected chi connectivity index (χ3v) is 12.3. The summed E-state index contributed by atoms with van der Waals surface area (Å²) in [6, 6.07) is 19.2. The Morgan fingerprint density at radius 2 is 1.42 bits per heavy atom. The van der Waals surface area contributed by atoms with Crippen LogP contribution in [0.15, 0.2) is 60.7 Å². The van der Waals surface area contributed by atoms with Gasteiger partial charge in [0, 0.05) is 37.2 Å². The molecule has 3 saturated heterocycles. The van der Waals surface area contributed by atoms with Crippen LogP contribution >= 0.6 is 23.2 Å². The number of amides is 2. The second-order valence-electron chi connectivity index (χ2n) is 14.2. The standard InChI is InChI=1S/C40H47Cl2N3O7/c1-50-33-23-28(24-34(51-2)35(33)52-3)36(46)45-22-14-39(26-45,30-9-10-31(41)32(42)25-30)13-19-43-20-15-40(16-21-43,29-7-5-4-6-8-29)38(49)44-17-11-27(12-18-44)37(47)48/h4-10,23-25,27H,11-22,26H2,1-3H3,(H,47,48). The molecule has 3 heterocycles. The Morgan fingerprint density at radius 3 is 2.00 bits per heavy atom. The van der Waals surface area contributed by atoms with Gasteiger partial charge in [-0.05, 0) is 93.6 Å². The number of nitrogens with zero attached hydrogens (tertiary/aromatic N) is 3. The predicted octanol–water partition coefficient (Wildman–Crippen LogP) is 6.55. The molecule has 3 aromatic carbocycles. The molecule has 0 aliphatic carbocycles. The Hall–Kier alpha value is -3.99. The van der Waals surface area contributed by atoms with Gasteiger partial charge in [0.05, 0.1) is 42.7 Å². The van der Waals surface area contributed by atoms with Crippen molar-refractivity contribution in [3.63, 3.8) is 0 Å². The number of likely N-dealkylation sites (tertiary alicyclic amines) is 3. The van der Waals surface area contributed by atoms with E-state index in [-0.39, 0.29) is 17.2 Å². The number of carbonyl (C=O) groups is 3. The van der Waals surface area contributed by atoms with Crippen molar-refractivity contribution in [3.05, 3.63) is 87.4 Å². The molecule has 3 fully saturated rings. The SMILES string of the molecule is COc1cc(C(=O)N2CCC(CCN3CCC(C(=O)N4CCC(C(=O)O)CC4)(c4ccccc4)CC3)(c3ccc(Cl)c(Cl)c3)C2)cc(OC)c1OC. The van der Waals surface area contributed by atoms with E-state index in [1.807, 2.05) is 46.2 Å². The van der Waals surface area contributed by atoms with Gasteiger partial charge in [0.15, 0.2) is 11.5 Å². The molecule has 10 nitrogen and oxygen atoms in total.